The van der Waals surface area contributed by atoms with Crippen molar-refractivity contribution in [3.05, 3.63) is 35.4 Å². The van der Waals surface area contributed by atoms with E-state index >= 15 is 0 Å². The summed E-state index contributed by atoms with van der Waals surface area (Å²) in [6, 6.07) is 9.96. The van der Waals surface area contributed by atoms with E-state index in [1.54, 1.807) is 0 Å². The summed E-state index contributed by atoms with van der Waals surface area (Å²) in [5.41, 5.74) is 2.71. The van der Waals surface area contributed by atoms with Gasteiger partial charge >= 0.3 is 6.03 Å². The highest BCUT2D eigenvalue weighted by atomic mass is 16.2. The molecule has 2 amide bonds. The van der Waals surface area contributed by atoms with Crippen LogP contribution in [0.4, 0.5) is 4.79 Å². The first kappa shape index (κ1) is 17.8. The van der Waals surface area contributed by atoms with Crippen molar-refractivity contribution in [2.45, 2.75) is 58.5 Å². The number of hydrogen-bond acceptors (Lipinski definition) is 2. The molecule has 0 radical (unpaired) electrons. The third-order valence-corrected chi connectivity index (χ3v) is 4.68. The zero-order chi connectivity index (χ0) is 16.7. The molecule has 0 aliphatic carbocycles. The highest BCUT2D eigenvalue weighted by Gasteiger charge is 2.23. The van der Waals surface area contributed by atoms with Crippen LogP contribution >= 0.6 is 0 Å². The lowest BCUT2D eigenvalue weighted by molar-refractivity contribution is 0.174. The van der Waals surface area contributed by atoms with Gasteiger partial charge in [-0.1, -0.05) is 36.8 Å². The predicted molar refractivity (Wildman–Crippen MR) is 95.8 cm³/mol. The van der Waals surface area contributed by atoms with Crippen molar-refractivity contribution >= 4 is 6.03 Å². The molecule has 0 bridgehead atoms. The Balaban J connectivity index is 1.79. The number of nitrogens with one attached hydrogen (secondary N) is 2. The standard InChI is InChI=1S/C19H31N3O/c1-4-17(14-16-8-6-15(3)7-9-16)21-18-10-12-22(13-11-18)19(23)20-5-2/h6-9,17-18,21H,4-5,10-14H2,1-3H3,(H,20,23)/t17-/m1/s1. The average Bonchev–Trinajstić information content (AvgIpc) is 2.57. The van der Waals surface area contributed by atoms with Crippen LogP contribution in [0.5, 0.6) is 0 Å². The number of carbonyl (C=O) groups excluding carboxylic acids is 1. The van der Waals surface area contributed by atoms with E-state index in [1.165, 1.54) is 11.1 Å². The molecule has 1 aliphatic heterocycles. The van der Waals surface area contributed by atoms with Crippen LogP contribution in [0.15, 0.2) is 24.3 Å². The van der Waals surface area contributed by atoms with Crippen molar-refractivity contribution in [3.63, 3.8) is 0 Å². The topological polar surface area (TPSA) is 44.4 Å². The van der Waals surface area contributed by atoms with E-state index in [2.05, 4.69) is 48.7 Å². The molecule has 128 valence electrons. The van der Waals surface area contributed by atoms with Gasteiger partial charge in [0, 0.05) is 31.7 Å². The number of urea groups is 1. The van der Waals surface area contributed by atoms with Crippen molar-refractivity contribution < 1.29 is 4.79 Å². The average molecular weight is 317 g/mol. The van der Waals surface area contributed by atoms with Crippen molar-refractivity contribution in [1.29, 1.82) is 0 Å². The SMILES string of the molecule is CCNC(=O)N1CCC(N[C@H](CC)Cc2ccc(C)cc2)CC1. The molecule has 4 heteroatoms. The van der Waals surface area contributed by atoms with Crippen LogP contribution in [0.2, 0.25) is 0 Å². The minimum absolute atomic E-state index is 0.0812. The van der Waals surface area contributed by atoms with E-state index in [0.717, 1.165) is 38.8 Å². The molecule has 2 N–H and O–H groups in total. The zero-order valence-electron chi connectivity index (χ0n) is 14.8. The first-order valence-corrected chi connectivity index (χ1v) is 8.96. The third-order valence-electron chi connectivity index (χ3n) is 4.68. The molecule has 1 aliphatic rings. The summed E-state index contributed by atoms with van der Waals surface area (Å²) in [5, 5.41) is 6.69. The normalized spacial score (nSPS) is 17.1. The van der Waals surface area contributed by atoms with Gasteiger partial charge in [-0.3, -0.25) is 0 Å². The highest BCUT2D eigenvalue weighted by Crippen LogP contribution is 2.14. The van der Waals surface area contributed by atoms with Crippen LogP contribution in [0.1, 0.15) is 44.2 Å². The van der Waals surface area contributed by atoms with E-state index in [9.17, 15) is 4.79 Å². The number of carbonyl (C=O) groups is 1. The summed E-state index contributed by atoms with van der Waals surface area (Å²) in [7, 11) is 0. The fourth-order valence-electron chi connectivity index (χ4n) is 3.18. The van der Waals surface area contributed by atoms with Gasteiger partial charge in [-0.15, -0.1) is 0 Å². The monoisotopic (exact) mass is 317 g/mol. The van der Waals surface area contributed by atoms with Gasteiger partial charge in [0.05, 0.1) is 0 Å². The van der Waals surface area contributed by atoms with E-state index in [-0.39, 0.29) is 6.03 Å². The molecule has 1 aromatic carbocycles. The van der Waals surface area contributed by atoms with Gasteiger partial charge < -0.3 is 15.5 Å². The molecule has 23 heavy (non-hydrogen) atoms. The summed E-state index contributed by atoms with van der Waals surface area (Å²) >= 11 is 0. The maximum Gasteiger partial charge on any atom is 0.317 e. The van der Waals surface area contributed by atoms with Crippen molar-refractivity contribution in [2.75, 3.05) is 19.6 Å². The molecule has 0 unspecified atom stereocenters. The zero-order valence-corrected chi connectivity index (χ0v) is 14.8. The Morgan fingerprint density at radius 1 is 1.22 bits per heavy atom. The summed E-state index contributed by atoms with van der Waals surface area (Å²) in [6.07, 6.45) is 4.29. The van der Waals surface area contributed by atoms with Gasteiger partial charge in [-0.05, 0) is 45.1 Å². The minimum atomic E-state index is 0.0812. The Morgan fingerprint density at radius 2 is 1.87 bits per heavy atom. The first-order valence-electron chi connectivity index (χ1n) is 8.96. The molecular weight excluding hydrogens is 286 g/mol. The van der Waals surface area contributed by atoms with Gasteiger partial charge in [0.1, 0.15) is 0 Å². The molecule has 1 heterocycles. The number of rotatable bonds is 6. The van der Waals surface area contributed by atoms with Crippen LogP contribution in [0, 0.1) is 6.92 Å². The molecule has 0 saturated carbocycles. The third kappa shape index (κ3) is 5.54. The van der Waals surface area contributed by atoms with Crippen LogP contribution in [-0.2, 0) is 6.42 Å². The highest BCUT2D eigenvalue weighted by molar-refractivity contribution is 5.74. The van der Waals surface area contributed by atoms with E-state index in [1.807, 2.05) is 11.8 Å². The number of benzene rings is 1. The number of piperidine rings is 1. The van der Waals surface area contributed by atoms with Crippen molar-refractivity contribution in [1.82, 2.24) is 15.5 Å². The van der Waals surface area contributed by atoms with Crippen molar-refractivity contribution in [2.24, 2.45) is 0 Å². The largest absolute Gasteiger partial charge is 0.338 e. The second-order valence-corrected chi connectivity index (χ2v) is 6.56. The molecule has 0 aromatic heterocycles. The molecule has 0 spiro atoms. The molecule has 1 fully saturated rings. The maximum atomic E-state index is 11.8. The van der Waals surface area contributed by atoms with Crippen molar-refractivity contribution in [3.8, 4) is 0 Å². The van der Waals surface area contributed by atoms with E-state index < -0.39 is 0 Å². The fourth-order valence-corrected chi connectivity index (χ4v) is 3.18. The smallest absolute Gasteiger partial charge is 0.317 e. The molecule has 1 saturated heterocycles. The number of likely N-dealkylation sites (tertiary alicyclic amines) is 1. The predicted octanol–water partition coefficient (Wildman–Crippen LogP) is 3.10. The molecule has 1 atom stereocenters. The van der Waals surface area contributed by atoms with Gasteiger partial charge in [0.15, 0.2) is 0 Å². The molecular formula is C19H31N3O. The second kappa shape index (κ2) is 8.92. The number of nitrogens with zero attached hydrogens (tertiary/aromatic N) is 1. The van der Waals surface area contributed by atoms with Gasteiger partial charge in [-0.25, -0.2) is 4.79 Å². The van der Waals surface area contributed by atoms with Gasteiger partial charge in [-0.2, -0.15) is 0 Å². The number of amides is 2. The second-order valence-electron chi connectivity index (χ2n) is 6.56. The Labute approximate surface area is 140 Å². The Bertz CT molecular complexity index is 478. The number of aryl methyl sites for hydroxylation is 1. The van der Waals surface area contributed by atoms with Gasteiger partial charge in [0.25, 0.3) is 0 Å². The number of hydrogen-bond donors (Lipinski definition) is 2. The summed E-state index contributed by atoms with van der Waals surface area (Å²) in [6.45, 7) is 8.74. The molecule has 2 rings (SSSR count). The van der Waals surface area contributed by atoms with Gasteiger partial charge in [0.2, 0.25) is 0 Å². The Morgan fingerprint density at radius 3 is 2.43 bits per heavy atom. The van der Waals surface area contributed by atoms with Crippen LogP contribution < -0.4 is 10.6 Å². The minimum Gasteiger partial charge on any atom is -0.338 e. The first-order chi connectivity index (χ1) is 11.1. The van der Waals surface area contributed by atoms with Crippen LogP contribution in [0.3, 0.4) is 0 Å². The lowest BCUT2D eigenvalue weighted by atomic mass is 9.99. The lowest BCUT2D eigenvalue weighted by Gasteiger charge is -2.34. The van der Waals surface area contributed by atoms with Crippen LogP contribution in [0.25, 0.3) is 0 Å². The Kier molecular flexibility index (Phi) is 6.90. The Hall–Kier alpha value is -1.55. The molecule has 4 nitrogen and oxygen atoms in total. The quantitative estimate of drug-likeness (QED) is 0.847. The molecule has 1 aromatic rings. The summed E-state index contributed by atoms with van der Waals surface area (Å²) in [4.78, 5) is 13.8. The lowest BCUT2D eigenvalue weighted by Crippen LogP contribution is -2.50. The summed E-state index contributed by atoms with van der Waals surface area (Å²) in [5.74, 6) is 0. The van der Waals surface area contributed by atoms with Crippen LogP contribution in [-0.4, -0.2) is 42.6 Å². The maximum absolute atomic E-state index is 11.8. The van der Waals surface area contributed by atoms with E-state index in [4.69, 9.17) is 0 Å². The fraction of sp³-hybridized carbons (Fsp3) is 0.632. The van der Waals surface area contributed by atoms with E-state index in [0.29, 0.717) is 18.6 Å². The summed E-state index contributed by atoms with van der Waals surface area (Å²) < 4.78 is 0.